The summed E-state index contributed by atoms with van der Waals surface area (Å²) in [5.74, 6) is -0.0377. The fourth-order valence-electron chi connectivity index (χ4n) is 4.07. The minimum absolute atomic E-state index is 0.0377. The second-order valence-corrected chi connectivity index (χ2v) is 7.84. The summed E-state index contributed by atoms with van der Waals surface area (Å²) in [6, 6.07) is 16.2. The van der Waals surface area contributed by atoms with E-state index in [0.29, 0.717) is 25.2 Å². The quantitative estimate of drug-likeness (QED) is 0.574. The van der Waals surface area contributed by atoms with Crippen molar-refractivity contribution in [3.05, 3.63) is 66.4 Å². The Hall–Kier alpha value is -3.32. The maximum atomic E-state index is 13.4. The predicted molar refractivity (Wildman–Crippen MR) is 123 cm³/mol. The molecule has 3 aromatic rings. The van der Waals surface area contributed by atoms with Crippen LogP contribution in [0.25, 0.3) is 10.9 Å². The SMILES string of the molecule is CCN1CCN(C(=O)C(Cc2c[nH]c3ccccc23)NC(=O)Nc2ccccc2)CC1. The smallest absolute Gasteiger partial charge is 0.319 e. The van der Waals surface area contributed by atoms with Crippen molar-refractivity contribution in [3.63, 3.8) is 0 Å². The Balaban J connectivity index is 1.51. The third kappa shape index (κ3) is 5.06. The molecule has 1 aliphatic rings. The van der Waals surface area contributed by atoms with Crippen molar-refractivity contribution in [2.45, 2.75) is 19.4 Å². The Morgan fingerprint density at radius 1 is 1.00 bits per heavy atom. The normalized spacial score (nSPS) is 15.6. The summed E-state index contributed by atoms with van der Waals surface area (Å²) >= 11 is 0. The lowest BCUT2D eigenvalue weighted by Gasteiger charge is -2.36. The van der Waals surface area contributed by atoms with Crippen molar-refractivity contribution in [1.29, 1.82) is 0 Å². The van der Waals surface area contributed by atoms with Gasteiger partial charge >= 0.3 is 6.03 Å². The Morgan fingerprint density at radius 3 is 2.45 bits per heavy atom. The van der Waals surface area contributed by atoms with Crippen molar-refractivity contribution in [2.75, 3.05) is 38.0 Å². The number of urea groups is 1. The van der Waals surface area contributed by atoms with Crippen LogP contribution in [-0.4, -0.2) is 65.5 Å². The number of aromatic nitrogens is 1. The van der Waals surface area contributed by atoms with Gasteiger partial charge in [-0.1, -0.05) is 43.3 Å². The molecule has 2 heterocycles. The number of para-hydroxylation sites is 2. The number of H-pyrrole nitrogens is 1. The van der Waals surface area contributed by atoms with Gasteiger partial charge in [-0.15, -0.1) is 0 Å². The molecule has 2 aromatic carbocycles. The van der Waals surface area contributed by atoms with Crippen LogP contribution in [0.4, 0.5) is 10.5 Å². The molecule has 1 unspecified atom stereocenters. The molecule has 1 saturated heterocycles. The highest BCUT2D eigenvalue weighted by Crippen LogP contribution is 2.20. The Kier molecular flexibility index (Phi) is 6.52. The minimum Gasteiger partial charge on any atom is -0.361 e. The van der Waals surface area contributed by atoms with E-state index >= 15 is 0 Å². The first kappa shape index (κ1) is 20.9. The summed E-state index contributed by atoms with van der Waals surface area (Å²) in [4.78, 5) is 33.5. The van der Waals surface area contributed by atoms with Crippen LogP contribution in [-0.2, 0) is 11.2 Å². The number of likely N-dealkylation sites (N-methyl/N-ethyl adjacent to an activating group) is 1. The van der Waals surface area contributed by atoms with Gasteiger partial charge in [0.1, 0.15) is 6.04 Å². The molecule has 1 atom stereocenters. The first-order chi connectivity index (χ1) is 15.1. The number of nitrogens with one attached hydrogen (secondary N) is 3. The molecule has 0 spiro atoms. The number of hydrogen-bond acceptors (Lipinski definition) is 3. The maximum absolute atomic E-state index is 13.4. The van der Waals surface area contributed by atoms with E-state index in [2.05, 4.69) is 27.4 Å². The number of carbonyl (C=O) groups excluding carboxylic acids is 2. The number of piperazine rings is 1. The van der Waals surface area contributed by atoms with Crippen LogP contribution < -0.4 is 10.6 Å². The monoisotopic (exact) mass is 419 g/mol. The summed E-state index contributed by atoms with van der Waals surface area (Å²) in [6.45, 7) is 6.19. The molecule has 3 N–H and O–H groups in total. The van der Waals surface area contributed by atoms with Gasteiger partial charge in [0.05, 0.1) is 0 Å². The molecule has 7 nitrogen and oxygen atoms in total. The lowest BCUT2D eigenvalue weighted by Crippen LogP contribution is -2.56. The van der Waals surface area contributed by atoms with E-state index in [1.54, 1.807) is 0 Å². The highest BCUT2D eigenvalue weighted by molar-refractivity contribution is 5.94. The number of carbonyl (C=O) groups is 2. The zero-order valence-corrected chi connectivity index (χ0v) is 17.8. The first-order valence-corrected chi connectivity index (χ1v) is 10.8. The molecule has 0 aliphatic carbocycles. The van der Waals surface area contributed by atoms with Crippen LogP contribution >= 0.6 is 0 Å². The molecule has 7 heteroatoms. The van der Waals surface area contributed by atoms with Gasteiger partial charge in [-0.2, -0.15) is 0 Å². The molecule has 31 heavy (non-hydrogen) atoms. The molecule has 0 bridgehead atoms. The lowest BCUT2D eigenvalue weighted by atomic mass is 10.0. The summed E-state index contributed by atoms with van der Waals surface area (Å²) in [5, 5.41) is 6.82. The van der Waals surface area contributed by atoms with Crippen LogP contribution in [0.5, 0.6) is 0 Å². The molecular formula is C24H29N5O2. The van der Waals surface area contributed by atoms with Crippen LogP contribution in [0.15, 0.2) is 60.8 Å². The predicted octanol–water partition coefficient (Wildman–Crippen LogP) is 3.06. The van der Waals surface area contributed by atoms with E-state index < -0.39 is 6.04 Å². The number of anilines is 1. The number of rotatable bonds is 6. The average Bonchev–Trinajstić information content (AvgIpc) is 3.22. The van der Waals surface area contributed by atoms with Crippen molar-refractivity contribution >= 4 is 28.5 Å². The second kappa shape index (κ2) is 9.66. The van der Waals surface area contributed by atoms with Crippen molar-refractivity contribution in [2.24, 2.45) is 0 Å². The number of benzene rings is 2. The van der Waals surface area contributed by atoms with Crippen molar-refractivity contribution in [3.8, 4) is 0 Å². The highest BCUT2D eigenvalue weighted by atomic mass is 16.2. The summed E-state index contributed by atoms with van der Waals surface area (Å²) in [5.41, 5.74) is 2.73. The third-order valence-corrected chi connectivity index (χ3v) is 5.87. The fraction of sp³-hybridized carbons (Fsp3) is 0.333. The first-order valence-electron chi connectivity index (χ1n) is 10.8. The van der Waals surface area contributed by atoms with Crippen LogP contribution in [0, 0.1) is 0 Å². The number of amides is 3. The van der Waals surface area contributed by atoms with Gasteiger partial charge in [0.25, 0.3) is 0 Å². The highest BCUT2D eigenvalue weighted by Gasteiger charge is 2.29. The largest absolute Gasteiger partial charge is 0.361 e. The summed E-state index contributed by atoms with van der Waals surface area (Å²) in [7, 11) is 0. The van der Waals surface area contributed by atoms with Crippen LogP contribution in [0.3, 0.4) is 0 Å². The topological polar surface area (TPSA) is 80.5 Å². The molecule has 1 aliphatic heterocycles. The van der Waals surface area contributed by atoms with E-state index in [4.69, 9.17) is 0 Å². The van der Waals surface area contributed by atoms with E-state index in [9.17, 15) is 9.59 Å². The maximum Gasteiger partial charge on any atom is 0.319 e. The van der Waals surface area contributed by atoms with Gasteiger partial charge < -0.3 is 25.4 Å². The van der Waals surface area contributed by atoms with Crippen LogP contribution in [0.1, 0.15) is 12.5 Å². The zero-order valence-electron chi connectivity index (χ0n) is 17.8. The van der Waals surface area contributed by atoms with Gasteiger partial charge in [-0.3, -0.25) is 4.79 Å². The van der Waals surface area contributed by atoms with Gasteiger partial charge in [-0.25, -0.2) is 4.79 Å². The second-order valence-electron chi connectivity index (χ2n) is 7.84. The zero-order chi connectivity index (χ0) is 21.6. The fourth-order valence-corrected chi connectivity index (χ4v) is 4.07. The number of hydrogen-bond donors (Lipinski definition) is 3. The van der Waals surface area contributed by atoms with E-state index in [-0.39, 0.29) is 11.9 Å². The van der Waals surface area contributed by atoms with Gasteiger partial charge in [0.15, 0.2) is 0 Å². The van der Waals surface area contributed by atoms with Crippen molar-refractivity contribution in [1.82, 2.24) is 20.1 Å². The van der Waals surface area contributed by atoms with E-state index in [1.807, 2.05) is 65.7 Å². The molecular weight excluding hydrogens is 390 g/mol. The van der Waals surface area contributed by atoms with Gasteiger partial charge in [0, 0.05) is 55.4 Å². The molecule has 3 amide bonds. The minimum atomic E-state index is -0.643. The third-order valence-electron chi connectivity index (χ3n) is 5.87. The molecule has 162 valence electrons. The molecule has 1 aromatic heterocycles. The average molecular weight is 420 g/mol. The van der Waals surface area contributed by atoms with E-state index in [0.717, 1.165) is 36.1 Å². The molecule has 1 fully saturated rings. The Labute approximate surface area is 182 Å². The van der Waals surface area contributed by atoms with Gasteiger partial charge in [0.2, 0.25) is 5.91 Å². The lowest BCUT2D eigenvalue weighted by molar-refractivity contribution is -0.134. The number of nitrogens with zero attached hydrogens (tertiary/aromatic N) is 2. The summed E-state index contributed by atoms with van der Waals surface area (Å²) < 4.78 is 0. The molecule has 4 rings (SSSR count). The number of fused-ring (bicyclic) bond motifs is 1. The van der Waals surface area contributed by atoms with Crippen LogP contribution in [0.2, 0.25) is 0 Å². The number of aromatic amines is 1. The van der Waals surface area contributed by atoms with Crippen molar-refractivity contribution < 1.29 is 9.59 Å². The van der Waals surface area contributed by atoms with Gasteiger partial charge in [-0.05, 0) is 30.3 Å². The molecule has 0 radical (unpaired) electrons. The standard InChI is InChI=1S/C24H29N5O2/c1-2-28-12-14-29(15-13-28)23(30)22(27-24(31)26-19-8-4-3-5-9-19)16-18-17-25-21-11-7-6-10-20(18)21/h3-11,17,22,25H,2,12-16H2,1H3,(H2,26,27,31). The molecule has 0 saturated carbocycles. The van der Waals surface area contributed by atoms with E-state index in [1.165, 1.54) is 0 Å². The Bertz CT molecular complexity index is 1020. The summed E-state index contributed by atoms with van der Waals surface area (Å²) in [6.07, 6.45) is 2.36. The Morgan fingerprint density at radius 2 is 1.71 bits per heavy atom.